The summed E-state index contributed by atoms with van der Waals surface area (Å²) >= 11 is 9.23. The zero-order valence-electron chi connectivity index (χ0n) is 9.81. The molecular formula is C13H11BrClNO2S. The number of nitrogens with two attached hydrogens (primary N) is 1. The minimum absolute atomic E-state index is 0.121. The molecular weight excluding hydrogens is 350 g/mol. The lowest BCUT2D eigenvalue weighted by atomic mass is 10.2. The average Bonchev–Trinajstić information content (AvgIpc) is 2.31. The van der Waals surface area contributed by atoms with E-state index in [1.165, 1.54) is 6.07 Å². The van der Waals surface area contributed by atoms with Crippen LogP contribution < -0.4 is 5.73 Å². The highest BCUT2D eigenvalue weighted by Gasteiger charge is 2.19. The Kier molecular flexibility index (Phi) is 4.18. The standard InChI is InChI=1S/C13H11BrClNO2S/c14-10-5-6-13(12(16)7-10)19(17,18)8-9-3-1-2-4-11(9)15/h1-7H,8,16H2. The van der Waals surface area contributed by atoms with E-state index in [9.17, 15) is 8.42 Å². The lowest BCUT2D eigenvalue weighted by Gasteiger charge is -2.09. The van der Waals surface area contributed by atoms with Gasteiger partial charge in [0.05, 0.1) is 16.3 Å². The van der Waals surface area contributed by atoms with Gasteiger partial charge in [-0.1, -0.05) is 45.7 Å². The molecule has 0 amide bonds. The maximum atomic E-state index is 12.3. The molecule has 0 aliphatic carbocycles. The highest BCUT2D eigenvalue weighted by molar-refractivity contribution is 9.10. The van der Waals surface area contributed by atoms with Gasteiger partial charge in [-0.05, 0) is 29.8 Å². The van der Waals surface area contributed by atoms with Crippen molar-refractivity contribution in [2.45, 2.75) is 10.6 Å². The molecule has 0 aliphatic heterocycles. The molecule has 100 valence electrons. The molecule has 0 atom stereocenters. The fraction of sp³-hybridized carbons (Fsp3) is 0.0769. The quantitative estimate of drug-likeness (QED) is 0.850. The number of sulfone groups is 1. The zero-order chi connectivity index (χ0) is 14.0. The molecule has 0 saturated heterocycles. The van der Waals surface area contributed by atoms with Crippen LogP contribution in [0.2, 0.25) is 5.02 Å². The van der Waals surface area contributed by atoms with Crippen molar-refractivity contribution in [3.8, 4) is 0 Å². The second kappa shape index (κ2) is 5.53. The second-order valence-electron chi connectivity index (χ2n) is 4.03. The summed E-state index contributed by atoms with van der Waals surface area (Å²) in [6.07, 6.45) is 0. The van der Waals surface area contributed by atoms with E-state index < -0.39 is 9.84 Å². The summed E-state index contributed by atoms with van der Waals surface area (Å²) in [4.78, 5) is 0.121. The molecule has 2 aromatic carbocycles. The number of rotatable bonds is 3. The van der Waals surface area contributed by atoms with Crippen LogP contribution in [0.15, 0.2) is 51.8 Å². The first-order valence-electron chi connectivity index (χ1n) is 5.41. The molecule has 0 bridgehead atoms. The van der Waals surface area contributed by atoms with Crippen LogP contribution in [0.1, 0.15) is 5.56 Å². The van der Waals surface area contributed by atoms with Gasteiger partial charge in [-0.3, -0.25) is 0 Å². The van der Waals surface area contributed by atoms with Crippen LogP contribution in [-0.2, 0) is 15.6 Å². The molecule has 2 aromatic rings. The van der Waals surface area contributed by atoms with Crippen molar-refractivity contribution < 1.29 is 8.42 Å². The number of hydrogen-bond acceptors (Lipinski definition) is 3. The maximum Gasteiger partial charge on any atom is 0.184 e. The molecule has 0 aliphatic rings. The van der Waals surface area contributed by atoms with E-state index in [1.54, 1.807) is 36.4 Å². The smallest absolute Gasteiger partial charge is 0.184 e. The van der Waals surface area contributed by atoms with Crippen LogP contribution in [0.3, 0.4) is 0 Å². The van der Waals surface area contributed by atoms with Crippen molar-refractivity contribution in [3.63, 3.8) is 0 Å². The van der Waals surface area contributed by atoms with Crippen molar-refractivity contribution in [3.05, 3.63) is 57.5 Å². The maximum absolute atomic E-state index is 12.3. The Balaban J connectivity index is 2.41. The van der Waals surface area contributed by atoms with E-state index >= 15 is 0 Å². The van der Waals surface area contributed by atoms with Gasteiger partial charge in [0.1, 0.15) is 0 Å². The van der Waals surface area contributed by atoms with Crippen LogP contribution in [0.4, 0.5) is 5.69 Å². The Morgan fingerprint density at radius 2 is 1.84 bits per heavy atom. The SMILES string of the molecule is Nc1cc(Br)ccc1S(=O)(=O)Cc1ccccc1Cl. The van der Waals surface area contributed by atoms with E-state index in [1.807, 2.05) is 0 Å². The van der Waals surface area contributed by atoms with Gasteiger partial charge in [0.2, 0.25) is 0 Å². The fourth-order valence-electron chi connectivity index (χ4n) is 1.70. The third-order valence-corrected chi connectivity index (χ3v) is 5.21. The highest BCUT2D eigenvalue weighted by atomic mass is 79.9. The summed E-state index contributed by atoms with van der Waals surface area (Å²) in [5.41, 5.74) is 6.54. The number of halogens is 2. The van der Waals surface area contributed by atoms with E-state index in [0.29, 0.717) is 10.6 Å². The zero-order valence-corrected chi connectivity index (χ0v) is 13.0. The molecule has 0 aromatic heterocycles. The molecule has 19 heavy (non-hydrogen) atoms. The minimum atomic E-state index is -3.51. The lowest BCUT2D eigenvalue weighted by molar-refractivity contribution is 0.595. The Morgan fingerprint density at radius 1 is 1.16 bits per heavy atom. The summed E-state index contributed by atoms with van der Waals surface area (Å²) in [6, 6.07) is 11.6. The van der Waals surface area contributed by atoms with Gasteiger partial charge in [-0.25, -0.2) is 8.42 Å². The molecule has 6 heteroatoms. The summed E-state index contributed by atoms with van der Waals surface area (Å²) in [5, 5.41) is 0.432. The molecule has 0 spiro atoms. The lowest BCUT2D eigenvalue weighted by Crippen LogP contribution is -2.08. The molecule has 0 fully saturated rings. The normalized spacial score (nSPS) is 11.5. The second-order valence-corrected chi connectivity index (χ2v) is 7.31. The van der Waals surface area contributed by atoms with Crippen molar-refractivity contribution in [2.24, 2.45) is 0 Å². The summed E-state index contributed by atoms with van der Waals surface area (Å²) < 4.78 is 25.4. The Bertz CT molecular complexity index is 716. The number of nitrogen functional groups attached to an aromatic ring is 1. The van der Waals surface area contributed by atoms with Gasteiger partial charge >= 0.3 is 0 Å². The van der Waals surface area contributed by atoms with Crippen molar-refractivity contribution >= 4 is 43.1 Å². The van der Waals surface area contributed by atoms with Gasteiger partial charge in [-0.15, -0.1) is 0 Å². The number of hydrogen-bond donors (Lipinski definition) is 1. The molecule has 0 radical (unpaired) electrons. The topological polar surface area (TPSA) is 60.2 Å². The minimum Gasteiger partial charge on any atom is -0.398 e. The van der Waals surface area contributed by atoms with Crippen molar-refractivity contribution in [1.82, 2.24) is 0 Å². The number of benzene rings is 2. The summed E-state index contributed by atoms with van der Waals surface area (Å²) in [6.45, 7) is 0. The summed E-state index contributed by atoms with van der Waals surface area (Å²) in [5.74, 6) is -0.168. The van der Waals surface area contributed by atoms with E-state index in [-0.39, 0.29) is 16.3 Å². The molecule has 0 heterocycles. The fourth-order valence-corrected chi connectivity index (χ4v) is 3.87. The third kappa shape index (κ3) is 3.29. The molecule has 0 unspecified atom stereocenters. The van der Waals surface area contributed by atoms with Crippen LogP contribution >= 0.6 is 27.5 Å². The van der Waals surface area contributed by atoms with Crippen molar-refractivity contribution in [1.29, 1.82) is 0 Å². The first-order chi connectivity index (χ1) is 8.90. The Hall–Kier alpha value is -1.04. The van der Waals surface area contributed by atoms with Gasteiger partial charge in [0.15, 0.2) is 9.84 Å². The predicted octanol–water partition coefficient (Wildman–Crippen LogP) is 3.66. The van der Waals surface area contributed by atoms with Crippen molar-refractivity contribution in [2.75, 3.05) is 5.73 Å². The largest absolute Gasteiger partial charge is 0.398 e. The molecule has 2 rings (SSSR count). The molecule has 2 N–H and O–H groups in total. The van der Waals surface area contributed by atoms with E-state index in [2.05, 4.69) is 15.9 Å². The van der Waals surface area contributed by atoms with Gasteiger partial charge < -0.3 is 5.73 Å². The summed E-state index contributed by atoms with van der Waals surface area (Å²) in [7, 11) is -3.51. The molecule has 0 saturated carbocycles. The molecule has 3 nitrogen and oxygen atoms in total. The average molecular weight is 361 g/mol. The first-order valence-corrected chi connectivity index (χ1v) is 8.23. The van der Waals surface area contributed by atoms with Gasteiger partial charge in [0.25, 0.3) is 0 Å². The predicted molar refractivity (Wildman–Crippen MR) is 80.9 cm³/mol. The van der Waals surface area contributed by atoms with Crippen LogP contribution in [0.5, 0.6) is 0 Å². The number of anilines is 1. The van der Waals surface area contributed by atoms with Crippen LogP contribution in [0.25, 0.3) is 0 Å². The van der Waals surface area contributed by atoms with E-state index in [4.69, 9.17) is 17.3 Å². The van der Waals surface area contributed by atoms with Gasteiger partial charge in [-0.2, -0.15) is 0 Å². The Labute approximate surface area is 125 Å². The third-order valence-electron chi connectivity index (χ3n) is 2.61. The monoisotopic (exact) mass is 359 g/mol. The van der Waals surface area contributed by atoms with E-state index in [0.717, 1.165) is 4.47 Å². The van der Waals surface area contributed by atoms with Gasteiger partial charge in [0, 0.05) is 9.50 Å². The van der Waals surface area contributed by atoms with Crippen LogP contribution in [-0.4, -0.2) is 8.42 Å². The van der Waals surface area contributed by atoms with Crippen LogP contribution in [0, 0.1) is 0 Å². The first kappa shape index (κ1) is 14.4. The Morgan fingerprint density at radius 3 is 2.47 bits per heavy atom. The highest BCUT2D eigenvalue weighted by Crippen LogP contribution is 2.27.